The van der Waals surface area contributed by atoms with Crippen molar-refractivity contribution in [2.45, 2.75) is 51.3 Å². The second-order valence-corrected chi connectivity index (χ2v) is 5.76. The van der Waals surface area contributed by atoms with Crippen LogP contribution in [0, 0.1) is 0 Å². The highest BCUT2D eigenvalue weighted by atomic mass is 16.5. The van der Waals surface area contributed by atoms with Crippen LogP contribution in [-0.2, 0) is 9.53 Å². The van der Waals surface area contributed by atoms with E-state index in [1.807, 2.05) is 13.8 Å². The van der Waals surface area contributed by atoms with Crippen molar-refractivity contribution in [3.05, 3.63) is 0 Å². The van der Waals surface area contributed by atoms with Crippen LogP contribution in [0.3, 0.4) is 0 Å². The van der Waals surface area contributed by atoms with E-state index < -0.39 is 11.5 Å². The maximum absolute atomic E-state index is 12.6. The minimum absolute atomic E-state index is 0.00108. The van der Waals surface area contributed by atoms with Crippen LogP contribution >= 0.6 is 0 Å². The first-order valence-corrected chi connectivity index (χ1v) is 6.79. The zero-order valence-corrected chi connectivity index (χ0v) is 11.8. The van der Waals surface area contributed by atoms with Crippen LogP contribution in [0.5, 0.6) is 0 Å². The van der Waals surface area contributed by atoms with Gasteiger partial charge in [-0.15, -0.1) is 0 Å². The number of aliphatic carboxylic acids is 1. The van der Waals surface area contributed by atoms with Crippen molar-refractivity contribution < 1.29 is 19.4 Å². The van der Waals surface area contributed by atoms with Crippen LogP contribution in [0.2, 0.25) is 0 Å². The summed E-state index contributed by atoms with van der Waals surface area (Å²) in [6, 6.07) is -0.188. The highest BCUT2D eigenvalue weighted by Gasteiger charge is 2.48. The van der Waals surface area contributed by atoms with Gasteiger partial charge in [-0.1, -0.05) is 0 Å². The van der Waals surface area contributed by atoms with Gasteiger partial charge in [0.05, 0.1) is 18.8 Å². The number of carbonyl (C=O) groups is 2. The van der Waals surface area contributed by atoms with Gasteiger partial charge in [-0.25, -0.2) is 9.59 Å². The Labute approximate surface area is 113 Å². The van der Waals surface area contributed by atoms with Gasteiger partial charge < -0.3 is 19.6 Å². The molecule has 0 aromatic heterocycles. The van der Waals surface area contributed by atoms with Crippen molar-refractivity contribution in [1.82, 2.24) is 9.80 Å². The molecule has 2 fully saturated rings. The number of rotatable bonds is 1. The molecule has 3 unspecified atom stereocenters. The SMILES string of the molecule is CC1CN(C(=O)N2CCCC2(C)C(=O)O)C(C)CO1. The molecule has 0 radical (unpaired) electrons. The van der Waals surface area contributed by atoms with Gasteiger partial charge in [0.25, 0.3) is 0 Å². The third-order valence-corrected chi connectivity index (χ3v) is 4.19. The largest absolute Gasteiger partial charge is 0.480 e. The molecule has 0 aliphatic carbocycles. The highest BCUT2D eigenvalue weighted by Crippen LogP contribution is 2.31. The Morgan fingerprint density at radius 1 is 1.37 bits per heavy atom. The van der Waals surface area contributed by atoms with E-state index in [1.165, 1.54) is 4.90 Å². The van der Waals surface area contributed by atoms with Crippen LogP contribution in [0.25, 0.3) is 0 Å². The van der Waals surface area contributed by atoms with Crippen molar-refractivity contribution in [2.24, 2.45) is 0 Å². The van der Waals surface area contributed by atoms with Crippen LogP contribution in [0.1, 0.15) is 33.6 Å². The van der Waals surface area contributed by atoms with E-state index >= 15 is 0 Å². The molecule has 0 aromatic carbocycles. The number of hydrogen-bond donors (Lipinski definition) is 1. The van der Waals surface area contributed by atoms with Gasteiger partial charge in [0, 0.05) is 13.1 Å². The molecule has 2 rings (SSSR count). The lowest BCUT2D eigenvalue weighted by Gasteiger charge is -2.42. The summed E-state index contributed by atoms with van der Waals surface area (Å²) in [5.41, 5.74) is -1.07. The first-order chi connectivity index (χ1) is 8.86. The van der Waals surface area contributed by atoms with Gasteiger partial charge in [-0.05, 0) is 33.6 Å². The standard InChI is InChI=1S/C13H22N2O4/c1-9-8-19-10(2)7-14(9)12(18)15-6-4-5-13(15,3)11(16)17/h9-10H,4-8H2,1-3H3,(H,16,17). The van der Waals surface area contributed by atoms with Crippen LogP contribution < -0.4 is 0 Å². The minimum atomic E-state index is -1.07. The monoisotopic (exact) mass is 270 g/mol. The zero-order valence-electron chi connectivity index (χ0n) is 11.8. The predicted octanol–water partition coefficient (Wildman–Crippen LogP) is 1.15. The van der Waals surface area contributed by atoms with Gasteiger partial charge in [0.15, 0.2) is 0 Å². The van der Waals surface area contributed by atoms with Crippen molar-refractivity contribution in [3.63, 3.8) is 0 Å². The van der Waals surface area contributed by atoms with Gasteiger partial charge in [0.2, 0.25) is 0 Å². The summed E-state index contributed by atoms with van der Waals surface area (Å²) < 4.78 is 5.50. The molecule has 19 heavy (non-hydrogen) atoms. The van der Waals surface area contributed by atoms with Gasteiger partial charge in [-0.3, -0.25) is 0 Å². The van der Waals surface area contributed by atoms with E-state index in [0.29, 0.717) is 26.1 Å². The molecule has 6 heteroatoms. The third-order valence-electron chi connectivity index (χ3n) is 4.19. The second-order valence-electron chi connectivity index (χ2n) is 5.76. The Morgan fingerprint density at radius 3 is 2.68 bits per heavy atom. The number of morpholine rings is 1. The predicted molar refractivity (Wildman–Crippen MR) is 69.0 cm³/mol. The topological polar surface area (TPSA) is 70.1 Å². The summed E-state index contributed by atoms with van der Waals surface area (Å²) in [6.07, 6.45) is 1.25. The molecular formula is C13H22N2O4. The number of carbonyl (C=O) groups excluding carboxylic acids is 1. The molecule has 108 valence electrons. The Hall–Kier alpha value is -1.30. The van der Waals surface area contributed by atoms with Crippen molar-refractivity contribution in [3.8, 4) is 0 Å². The molecule has 2 heterocycles. The van der Waals surface area contributed by atoms with E-state index in [-0.39, 0.29) is 18.2 Å². The normalized spacial score (nSPS) is 35.5. The molecule has 6 nitrogen and oxygen atoms in total. The summed E-state index contributed by atoms with van der Waals surface area (Å²) in [5.74, 6) is -0.924. The Morgan fingerprint density at radius 2 is 2.05 bits per heavy atom. The fraction of sp³-hybridized carbons (Fsp3) is 0.846. The highest BCUT2D eigenvalue weighted by molar-refractivity contribution is 5.86. The first-order valence-electron chi connectivity index (χ1n) is 6.79. The molecule has 2 aliphatic heterocycles. The van der Waals surface area contributed by atoms with Crippen molar-refractivity contribution >= 4 is 12.0 Å². The summed E-state index contributed by atoms with van der Waals surface area (Å²) >= 11 is 0. The summed E-state index contributed by atoms with van der Waals surface area (Å²) in [6.45, 7) is 7.02. The number of carboxylic acid groups (broad SMARTS) is 1. The number of hydrogen-bond acceptors (Lipinski definition) is 3. The molecule has 2 aliphatic rings. The molecule has 0 saturated carbocycles. The van der Waals surface area contributed by atoms with Crippen LogP contribution in [-0.4, -0.2) is 64.3 Å². The Bertz CT molecular complexity index is 387. The van der Waals surface area contributed by atoms with Gasteiger partial charge >= 0.3 is 12.0 Å². The molecule has 0 aromatic rings. The lowest BCUT2D eigenvalue weighted by Crippen LogP contribution is -2.60. The fourth-order valence-electron chi connectivity index (χ4n) is 2.82. The smallest absolute Gasteiger partial charge is 0.329 e. The zero-order chi connectivity index (χ0) is 14.2. The van der Waals surface area contributed by atoms with E-state index in [1.54, 1.807) is 11.8 Å². The van der Waals surface area contributed by atoms with E-state index in [4.69, 9.17) is 4.74 Å². The van der Waals surface area contributed by atoms with Crippen molar-refractivity contribution in [2.75, 3.05) is 19.7 Å². The summed E-state index contributed by atoms with van der Waals surface area (Å²) in [5, 5.41) is 9.37. The molecule has 2 saturated heterocycles. The van der Waals surface area contributed by atoms with E-state index in [2.05, 4.69) is 0 Å². The van der Waals surface area contributed by atoms with E-state index in [9.17, 15) is 14.7 Å². The first kappa shape index (κ1) is 14.1. The Kier molecular flexibility index (Phi) is 3.71. The Balaban J connectivity index is 2.16. The molecular weight excluding hydrogens is 248 g/mol. The average Bonchev–Trinajstić information content (AvgIpc) is 2.75. The van der Waals surface area contributed by atoms with Gasteiger partial charge in [-0.2, -0.15) is 0 Å². The number of amides is 2. The van der Waals surface area contributed by atoms with Crippen LogP contribution in [0.15, 0.2) is 0 Å². The molecule has 0 bridgehead atoms. The number of ether oxygens (including phenoxy) is 1. The molecule has 2 amide bonds. The number of likely N-dealkylation sites (tertiary alicyclic amines) is 1. The maximum atomic E-state index is 12.6. The number of urea groups is 1. The second kappa shape index (κ2) is 5.00. The average molecular weight is 270 g/mol. The minimum Gasteiger partial charge on any atom is -0.480 e. The maximum Gasteiger partial charge on any atom is 0.329 e. The van der Waals surface area contributed by atoms with Crippen molar-refractivity contribution in [1.29, 1.82) is 0 Å². The lowest BCUT2D eigenvalue weighted by molar-refractivity contribution is -0.147. The van der Waals surface area contributed by atoms with Gasteiger partial charge in [0.1, 0.15) is 5.54 Å². The molecule has 1 N–H and O–H groups in total. The van der Waals surface area contributed by atoms with Crippen LogP contribution in [0.4, 0.5) is 4.79 Å². The third kappa shape index (κ3) is 2.41. The summed E-state index contributed by atoms with van der Waals surface area (Å²) in [4.78, 5) is 27.3. The quantitative estimate of drug-likeness (QED) is 0.776. The molecule has 0 spiro atoms. The summed E-state index contributed by atoms with van der Waals surface area (Å²) in [7, 11) is 0. The number of nitrogens with zero attached hydrogens (tertiary/aromatic N) is 2. The fourth-order valence-corrected chi connectivity index (χ4v) is 2.82. The number of carboxylic acids is 1. The molecule has 3 atom stereocenters. The van der Waals surface area contributed by atoms with E-state index in [0.717, 1.165) is 6.42 Å². The lowest BCUT2D eigenvalue weighted by atomic mass is 9.99.